The van der Waals surface area contributed by atoms with Gasteiger partial charge in [-0.1, -0.05) is 0 Å². The van der Waals surface area contributed by atoms with Crippen molar-refractivity contribution in [2.75, 3.05) is 33.4 Å². The van der Waals surface area contributed by atoms with Gasteiger partial charge in [0.25, 0.3) is 0 Å². The molecule has 0 aromatic carbocycles. The molecule has 1 rings (SSSR count). The van der Waals surface area contributed by atoms with Crippen LogP contribution in [0.3, 0.4) is 0 Å². The first kappa shape index (κ1) is 13.4. The lowest BCUT2D eigenvalue weighted by Crippen LogP contribution is -2.49. The molecule has 0 bridgehead atoms. The van der Waals surface area contributed by atoms with Crippen LogP contribution in [0.5, 0.6) is 0 Å². The molecule has 1 fully saturated rings. The molecule has 1 amide bonds. The lowest BCUT2D eigenvalue weighted by Gasteiger charge is -2.33. The Morgan fingerprint density at radius 3 is 2.62 bits per heavy atom. The highest BCUT2D eigenvalue weighted by molar-refractivity contribution is 5.81. The molecule has 0 aromatic heterocycles. The Morgan fingerprint density at radius 1 is 1.50 bits per heavy atom. The van der Waals surface area contributed by atoms with Crippen LogP contribution in [0.15, 0.2) is 0 Å². The van der Waals surface area contributed by atoms with Crippen molar-refractivity contribution in [2.24, 2.45) is 5.73 Å². The van der Waals surface area contributed by atoms with Crippen LogP contribution >= 0.6 is 0 Å². The summed E-state index contributed by atoms with van der Waals surface area (Å²) in [6.45, 7) is 4.49. The van der Waals surface area contributed by atoms with E-state index in [2.05, 4.69) is 0 Å². The van der Waals surface area contributed by atoms with E-state index in [1.807, 2.05) is 6.92 Å². The number of rotatable bonds is 5. The number of hydrogen-bond donors (Lipinski definition) is 1. The average Bonchev–Trinajstić information content (AvgIpc) is 2.30. The van der Waals surface area contributed by atoms with Gasteiger partial charge in [0.2, 0.25) is 5.91 Å². The van der Waals surface area contributed by atoms with E-state index >= 15 is 0 Å². The number of carbonyl (C=O) groups is 1. The molecule has 5 heteroatoms. The Labute approximate surface area is 96.9 Å². The van der Waals surface area contributed by atoms with E-state index in [9.17, 15) is 4.79 Å². The second-order valence-corrected chi connectivity index (χ2v) is 4.04. The molecule has 0 aliphatic carbocycles. The van der Waals surface area contributed by atoms with Crippen molar-refractivity contribution in [3.8, 4) is 0 Å². The number of nitrogens with zero attached hydrogens (tertiary/aromatic N) is 1. The average molecular weight is 230 g/mol. The van der Waals surface area contributed by atoms with Crippen LogP contribution in [0.2, 0.25) is 0 Å². The number of carbonyl (C=O) groups excluding carboxylic acids is 1. The topological polar surface area (TPSA) is 64.8 Å². The quantitative estimate of drug-likeness (QED) is 0.721. The molecule has 94 valence electrons. The second-order valence-electron chi connectivity index (χ2n) is 4.04. The summed E-state index contributed by atoms with van der Waals surface area (Å²) in [4.78, 5) is 13.6. The van der Waals surface area contributed by atoms with Gasteiger partial charge < -0.3 is 20.1 Å². The predicted molar refractivity (Wildman–Crippen MR) is 61.1 cm³/mol. The van der Waals surface area contributed by atoms with E-state index in [1.54, 1.807) is 12.0 Å². The van der Waals surface area contributed by atoms with E-state index in [4.69, 9.17) is 15.2 Å². The van der Waals surface area contributed by atoms with Gasteiger partial charge in [0.15, 0.2) is 0 Å². The fourth-order valence-electron chi connectivity index (χ4n) is 1.96. The van der Waals surface area contributed by atoms with E-state index in [0.717, 1.165) is 32.5 Å². The third-order valence-corrected chi connectivity index (χ3v) is 2.82. The third kappa shape index (κ3) is 3.73. The highest BCUT2D eigenvalue weighted by atomic mass is 16.5. The molecule has 1 atom stereocenters. The second kappa shape index (κ2) is 6.83. The van der Waals surface area contributed by atoms with Gasteiger partial charge in [0, 0.05) is 26.8 Å². The lowest BCUT2D eigenvalue weighted by atomic mass is 10.1. The summed E-state index contributed by atoms with van der Waals surface area (Å²) in [5.41, 5.74) is 5.70. The number of methoxy groups -OCH3 is 1. The smallest absolute Gasteiger partial charge is 0.241 e. The SMILES string of the molecule is CCOC1CCN(C(=O)C(N)COC)CC1. The van der Waals surface area contributed by atoms with E-state index < -0.39 is 6.04 Å². The van der Waals surface area contributed by atoms with Crippen molar-refractivity contribution >= 4 is 5.91 Å². The van der Waals surface area contributed by atoms with Gasteiger partial charge in [-0.25, -0.2) is 0 Å². The first-order chi connectivity index (χ1) is 7.69. The molecule has 1 unspecified atom stereocenters. The van der Waals surface area contributed by atoms with Gasteiger partial charge in [-0.2, -0.15) is 0 Å². The number of hydrogen-bond acceptors (Lipinski definition) is 4. The van der Waals surface area contributed by atoms with Crippen LogP contribution in [0, 0.1) is 0 Å². The molecular formula is C11H22N2O3. The molecule has 0 radical (unpaired) electrons. The highest BCUT2D eigenvalue weighted by Crippen LogP contribution is 2.14. The predicted octanol–water partition coefficient (Wildman–Crippen LogP) is -0.0124. The molecule has 1 heterocycles. The first-order valence-electron chi connectivity index (χ1n) is 5.84. The largest absolute Gasteiger partial charge is 0.383 e. The number of amides is 1. The molecule has 0 saturated carbocycles. The Morgan fingerprint density at radius 2 is 2.12 bits per heavy atom. The molecule has 5 nitrogen and oxygen atoms in total. The molecule has 1 aliphatic heterocycles. The summed E-state index contributed by atoms with van der Waals surface area (Å²) in [6, 6.07) is -0.534. The van der Waals surface area contributed by atoms with Crippen molar-refractivity contribution in [3.63, 3.8) is 0 Å². The molecular weight excluding hydrogens is 208 g/mol. The summed E-state index contributed by atoms with van der Waals surface area (Å²) in [5, 5.41) is 0. The lowest BCUT2D eigenvalue weighted by molar-refractivity contribution is -0.136. The van der Waals surface area contributed by atoms with Crippen LogP contribution in [-0.2, 0) is 14.3 Å². The maximum Gasteiger partial charge on any atom is 0.241 e. The molecule has 1 saturated heterocycles. The van der Waals surface area contributed by atoms with Gasteiger partial charge in [0.1, 0.15) is 6.04 Å². The number of likely N-dealkylation sites (tertiary alicyclic amines) is 1. The molecule has 1 aliphatic rings. The molecule has 2 N–H and O–H groups in total. The zero-order chi connectivity index (χ0) is 12.0. The van der Waals surface area contributed by atoms with E-state index in [1.165, 1.54) is 0 Å². The first-order valence-corrected chi connectivity index (χ1v) is 5.84. The summed E-state index contributed by atoms with van der Waals surface area (Å²) < 4.78 is 10.4. The van der Waals surface area contributed by atoms with E-state index in [0.29, 0.717) is 6.10 Å². The van der Waals surface area contributed by atoms with Crippen LogP contribution in [0.4, 0.5) is 0 Å². The number of ether oxygens (including phenoxy) is 2. The zero-order valence-electron chi connectivity index (χ0n) is 10.1. The number of piperidine rings is 1. The summed E-state index contributed by atoms with van der Waals surface area (Å²) in [6.07, 6.45) is 2.10. The molecule has 16 heavy (non-hydrogen) atoms. The Kier molecular flexibility index (Phi) is 5.73. The Balaban J connectivity index is 2.32. The fraction of sp³-hybridized carbons (Fsp3) is 0.909. The zero-order valence-corrected chi connectivity index (χ0v) is 10.1. The van der Waals surface area contributed by atoms with Crippen molar-refractivity contribution in [1.29, 1.82) is 0 Å². The van der Waals surface area contributed by atoms with Crippen LogP contribution in [0.25, 0.3) is 0 Å². The Bertz CT molecular complexity index is 215. The van der Waals surface area contributed by atoms with Crippen molar-refractivity contribution in [2.45, 2.75) is 31.9 Å². The van der Waals surface area contributed by atoms with Crippen LogP contribution in [0.1, 0.15) is 19.8 Å². The van der Waals surface area contributed by atoms with Crippen LogP contribution in [-0.4, -0.2) is 56.4 Å². The maximum atomic E-state index is 11.8. The summed E-state index contributed by atoms with van der Waals surface area (Å²) in [7, 11) is 1.55. The summed E-state index contributed by atoms with van der Waals surface area (Å²) in [5.74, 6) is -0.0169. The molecule has 0 spiro atoms. The Hall–Kier alpha value is -0.650. The highest BCUT2D eigenvalue weighted by Gasteiger charge is 2.26. The van der Waals surface area contributed by atoms with Gasteiger partial charge in [-0.15, -0.1) is 0 Å². The minimum atomic E-state index is -0.534. The van der Waals surface area contributed by atoms with Gasteiger partial charge in [0.05, 0.1) is 12.7 Å². The third-order valence-electron chi connectivity index (χ3n) is 2.82. The fourth-order valence-corrected chi connectivity index (χ4v) is 1.96. The maximum absolute atomic E-state index is 11.8. The van der Waals surface area contributed by atoms with Crippen molar-refractivity contribution in [3.05, 3.63) is 0 Å². The standard InChI is InChI=1S/C11H22N2O3/c1-3-16-9-4-6-13(7-5-9)11(14)10(12)8-15-2/h9-10H,3-8,12H2,1-2H3. The van der Waals surface area contributed by atoms with Gasteiger partial charge in [-0.3, -0.25) is 4.79 Å². The molecule has 0 aromatic rings. The van der Waals surface area contributed by atoms with Gasteiger partial charge in [-0.05, 0) is 19.8 Å². The van der Waals surface area contributed by atoms with Crippen LogP contribution < -0.4 is 5.73 Å². The van der Waals surface area contributed by atoms with E-state index in [-0.39, 0.29) is 12.5 Å². The van der Waals surface area contributed by atoms with Crippen molar-refractivity contribution < 1.29 is 14.3 Å². The van der Waals surface area contributed by atoms with Crippen molar-refractivity contribution in [1.82, 2.24) is 4.90 Å². The minimum Gasteiger partial charge on any atom is -0.383 e. The summed E-state index contributed by atoms with van der Waals surface area (Å²) >= 11 is 0. The number of nitrogens with two attached hydrogens (primary N) is 1. The monoisotopic (exact) mass is 230 g/mol. The normalized spacial score (nSPS) is 19.8. The minimum absolute atomic E-state index is 0.0169. The van der Waals surface area contributed by atoms with Gasteiger partial charge >= 0.3 is 0 Å².